The summed E-state index contributed by atoms with van der Waals surface area (Å²) in [6.45, 7) is 4.17. The van der Waals surface area contributed by atoms with Crippen LogP contribution in [0.3, 0.4) is 0 Å². The van der Waals surface area contributed by atoms with E-state index in [1.165, 1.54) is 13.8 Å². The normalized spacial score (nSPS) is 25.7. The van der Waals surface area contributed by atoms with Crippen LogP contribution in [0.5, 0.6) is 0 Å². The van der Waals surface area contributed by atoms with E-state index >= 15 is 0 Å². The molecule has 82 valence electrons. The van der Waals surface area contributed by atoms with Crippen LogP contribution in [0.25, 0.3) is 0 Å². The summed E-state index contributed by atoms with van der Waals surface area (Å²) in [5, 5.41) is 8.92. The van der Waals surface area contributed by atoms with Crippen molar-refractivity contribution in [1.82, 2.24) is 4.31 Å². The minimum absolute atomic E-state index is 0.322. The highest BCUT2D eigenvalue weighted by Crippen LogP contribution is 2.36. The highest BCUT2D eigenvalue weighted by Gasteiger charge is 2.61. The lowest BCUT2D eigenvalue weighted by atomic mass is 10.1. The SMILES string of the molecule is CC[C@@H](CO)N1C(=O)C(C)(C)S1(=O)=O. The summed E-state index contributed by atoms with van der Waals surface area (Å²) in [6.07, 6.45) is 0.428. The zero-order valence-corrected chi connectivity index (χ0v) is 9.34. The molecule has 5 nitrogen and oxygen atoms in total. The van der Waals surface area contributed by atoms with Crippen LogP contribution in [0.2, 0.25) is 0 Å². The number of hydrogen-bond acceptors (Lipinski definition) is 4. The van der Waals surface area contributed by atoms with E-state index in [0.717, 1.165) is 4.31 Å². The van der Waals surface area contributed by atoms with E-state index in [1.54, 1.807) is 6.92 Å². The quantitative estimate of drug-likeness (QED) is 0.710. The van der Waals surface area contributed by atoms with Crippen molar-refractivity contribution < 1.29 is 18.3 Å². The Morgan fingerprint density at radius 2 is 2.00 bits per heavy atom. The maximum absolute atomic E-state index is 11.6. The van der Waals surface area contributed by atoms with Crippen LogP contribution in [0.1, 0.15) is 27.2 Å². The predicted octanol–water partition coefficient (Wildman–Crippen LogP) is -0.292. The van der Waals surface area contributed by atoms with Crippen molar-refractivity contribution in [3.63, 3.8) is 0 Å². The predicted molar refractivity (Wildman–Crippen MR) is 51.0 cm³/mol. The van der Waals surface area contributed by atoms with Crippen molar-refractivity contribution in [1.29, 1.82) is 0 Å². The molecule has 0 saturated carbocycles. The number of aliphatic hydroxyl groups excluding tert-OH is 1. The Labute approximate surface area is 83.8 Å². The molecule has 1 aliphatic heterocycles. The minimum atomic E-state index is -3.55. The first-order chi connectivity index (χ1) is 6.30. The van der Waals surface area contributed by atoms with Gasteiger partial charge in [0.05, 0.1) is 12.6 Å². The van der Waals surface area contributed by atoms with Crippen molar-refractivity contribution in [3.8, 4) is 0 Å². The minimum Gasteiger partial charge on any atom is -0.394 e. The number of sulfonamides is 1. The van der Waals surface area contributed by atoms with Gasteiger partial charge in [-0.25, -0.2) is 12.7 Å². The van der Waals surface area contributed by atoms with Gasteiger partial charge in [-0.05, 0) is 20.3 Å². The van der Waals surface area contributed by atoms with Gasteiger partial charge < -0.3 is 5.11 Å². The molecule has 0 aromatic carbocycles. The highest BCUT2D eigenvalue weighted by atomic mass is 32.2. The van der Waals surface area contributed by atoms with Gasteiger partial charge in [-0.15, -0.1) is 0 Å². The summed E-state index contributed by atoms with van der Waals surface area (Å²) in [5.74, 6) is -0.432. The van der Waals surface area contributed by atoms with E-state index in [0.29, 0.717) is 6.42 Å². The zero-order valence-electron chi connectivity index (χ0n) is 8.52. The third kappa shape index (κ3) is 1.17. The van der Waals surface area contributed by atoms with Crippen LogP contribution in [-0.2, 0) is 14.8 Å². The van der Waals surface area contributed by atoms with Gasteiger partial charge in [-0.2, -0.15) is 0 Å². The second-order valence-corrected chi connectivity index (χ2v) is 6.23. The molecule has 1 amide bonds. The lowest BCUT2D eigenvalue weighted by Crippen LogP contribution is -2.70. The third-order valence-corrected chi connectivity index (χ3v) is 5.08. The lowest BCUT2D eigenvalue weighted by molar-refractivity contribution is -0.134. The number of aliphatic hydroxyl groups is 1. The summed E-state index contributed by atoms with van der Waals surface area (Å²) in [4.78, 5) is 11.5. The van der Waals surface area contributed by atoms with Gasteiger partial charge in [-0.1, -0.05) is 6.92 Å². The standard InChI is InChI=1S/C8H15NO4S/c1-4-6(5-10)9-7(11)8(2,3)14(9,12)13/h6,10H,4-5H2,1-3H3/t6-/m0/s1. The Hall–Kier alpha value is -0.620. The van der Waals surface area contributed by atoms with E-state index in [2.05, 4.69) is 0 Å². The number of nitrogens with zero attached hydrogens (tertiary/aromatic N) is 1. The fourth-order valence-corrected chi connectivity index (χ4v) is 3.16. The van der Waals surface area contributed by atoms with Crippen molar-refractivity contribution in [2.75, 3.05) is 6.61 Å². The zero-order chi connectivity index (χ0) is 11.1. The van der Waals surface area contributed by atoms with Crippen LogP contribution in [0.4, 0.5) is 0 Å². The number of carbonyl (C=O) groups excluding carboxylic acids is 1. The highest BCUT2D eigenvalue weighted by molar-refractivity contribution is 7.94. The molecule has 0 aliphatic carbocycles. The molecule has 0 unspecified atom stereocenters. The number of carbonyl (C=O) groups is 1. The molecule has 1 saturated heterocycles. The molecular formula is C8H15NO4S. The van der Waals surface area contributed by atoms with E-state index in [4.69, 9.17) is 5.11 Å². The monoisotopic (exact) mass is 221 g/mol. The van der Waals surface area contributed by atoms with Gasteiger partial charge in [0.25, 0.3) is 15.9 Å². The summed E-state index contributed by atoms with van der Waals surface area (Å²) in [6, 6.07) is -0.611. The maximum atomic E-state index is 11.6. The van der Waals surface area contributed by atoms with E-state index in [9.17, 15) is 13.2 Å². The Balaban J connectivity index is 3.02. The maximum Gasteiger partial charge on any atom is 0.259 e. The molecule has 1 N–H and O–H groups in total. The molecule has 1 aliphatic rings. The molecule has 1 atom stereocenters. The molecule has 1 fully saturated rings. The number of rotatable bonds is 3. The molecule has 0 bridgehead atoms. The van der Waals surface area contributed by atoms with Crippen molar-refractivity contribution in [3.05, 3.63) is 0 Å². The van der Waals surface area contributed by atoms with E-state index < -0.39 is 26.7 Å². The van der Waals surface area contributed by atoms with Gasteiger partial charge in [0.15, 0.2) is 4.75 Å². The van der Waals surface area contributed by atoms with Crippen LogP contribution in [0.15, 0.2) is 0 Å². The van der Waals surface area contributed by atoms with Crippen LogP contribution < -0.4 is 0 Å². The largest absolute Gasteiger partial charge is 0.394 e. The smallest absolute Gasteiger partial charge is 0.259 e. The Kier molecular flexibility index (Phi) is 2.62. The van der Waals surface area contributed by atoms with Crippen molar-refractivity contribution in [2.45, 2.75) is 38.0 Å². The Morgan fingerprint density at radius 3 is 2.29 bits per heavy atom. The molecule has 14 heavy (non-hydrogen) atoms. The Morgan fingerprint density at radius 1 is 1.50 bits per heavy atom. The summed E-state index contributed by atoms with van der Waals surface area (Å²) >= 11 is 0. The first-order valence-corrected chi connectivity index (χ1v) is 5.94. The molecule has 1 heterocycles. The fraction of sp³-hybridized carbons (Fsp3) is 0.875. The van der Waals surface area contributed by atoms with Crippen molar-refractivity contribution >= 4 is 15.9 Å². The molecular weight excluding hydrogens is 206 g/mol. The van der Waals surface area contributed by atoms with E-state index in [1.807, 2.05) is 0 Å². The first kappa shape index (κ1) is 11.5. The summed E-state index contributed by atoms with van der Waals surface area (Å²) < 4.78 is 22.7. The lowest BCUT2D eigenvalue weighted by Gasteiger charge is -2.46. The van der Waals surface area contributed by atoms with Crippen LogP contribution >= 0.6 is 0 Å². The van der Waals surface area contributed by atoms with Gasteiger partial charge in [0.1, 0.15) is 0 Å². The van der Waals surface area contributed by atoms with Gasteiger partial charge in [-0.3, -0.25) is 4.79 Å². The molecule has 0 aromatic heterocycles. The first-order valence-electron chi connectivity index (χ1n) is 4.50. The average molecular weight is 221 g/mol. The summed E-state index contributed by atoms with van der Waals surface area (Å²) in [5.41, 5.74) is 0. The van der Waals surface area contributed by atoms with Gasteiger partial charge in [0, 0.05) is 0 Å². The van der Waals surface area contributed by atoms with E-state index in [-0.39, 0.29) is 6.61 Å². The fourth-order valence-electron chi connectivity index (χ4n) is 1.42. The number of amides is 1. The van der Waals surface area contributed by atoms with Crippen LogP contribution in [-0.4, -0.2) is 41.1 Å². The van der Waals surface area contributed by atoms with Crippen molar-refractivity contribution in [2.24, 2.45) is 0 Å². The van der Waals surface area contributed by atoms with Gasteiger partial charge in [0.2, 0.25) is 0 Å². The third-order valence-electron chi connectivity index (χ3n) is 2.63. The molecule has 0 aromatic rings. The Bertz CT molecular complexity index is 342. The molecule has 6 heteroatoms. The topological polar surface area (TPSA) is 74.7 Å². The molecule has 1 rings (SSSR count). The molecule has 0 radical (unpaired) electrons. The van der Waals surface area contributed by atoms with Crippen LogP contribution in [0, 0.1) is 0 Å². The second kappa shape index (κ2) is 3.20. The average Bonchev–Trinajstić information content (AvgIpc) is 2.12. The molecule has 0 spiro atoms. The second-order valence-electron chi connectivity index (χ2n) is 3.86. The summed E-state index contributed by atoms with van der Waals surface area (Å²) in [7, 11) is -3.55. The number of hydrogen-bond donors (Lipinski definition) is 1. The van der Waals surface area contributed by atoms with Gasteiger partial charge >= 0.3 is 0 Å².